The monoisotopic (exact) mass is 349 g/mol. The number of nitrogens with one attached hydrogen (secondary N) is 1. The molecule has 0 atom stereocenters. The molecule has 3 rings (SSSR count). The van der Waals surface area contributed by atoms with E-state index in [1.165, 1.54) is 18.2 Å². The van der Waals surface area contributed by atoms with Crippen LogP contribution in [0, 0.1) is 5.82 Å². The molecule has 1 heterocycles. The summed E-state index contributed by atoms with van der Waals surface area (Å²) in [6.45, 7) is 0.276. The minimum Gasteiger partial charge on any atom is -0.366 e. The molecule has 3 aromatic rings. The van der Waals surface area contributed by atoms with Gasteiger partial charge < -0.3 is 5.32 Å². The number of aryl methyl sites for hydroxylation is 1. The molecule has 0 bridgehead atoms. The number of hydrogen-bond acceptors (Lipinski definition) is 2. The molecule has 1 aromatic heterocycles. The van der Waals surface area contributed by atoms with Gasteiger partial charge in [-0.1, -0.05) is 30.3 Å². The summed E-state index contributed by atoms with van der Waals surface area (Å²) in [4.78, 5) is 0. The van der Waals surface area contributed by atoms with Crippen LogP contribution in [0.4, 0.5) is 23.4 Å². The molecule has 0 aliphatic heterocycles. The summed E-state index contributed by atoms with van der Waals surface area (Å²) in [5.41, 5.74) is 0.916. The summed E-state index contributed by atoms with van der Waals surface area (Å²) in [5.74, 6) is 0.332. The molecule has 0 aliphatic rings. The quantitative estimate of drug-likeness (QED) is 0.682. The third kappa shape index (κ3) is 3.81. The Morgan fingerprint density at radius 2 is 1.72 bits per heavy atom. The van der Waals surface area contributed by atoms with Crippen LogP contribution in [0.1, 0.15) is 11.1 Å². The molecule has 0 amide bonds. The number of hydrogen-bond donors (Lipinski definition) is 1. The van der Waals surface area contributed by atoms with Crippen molar-refractivity contribution in [3.63, 3.8) is 0 Å². The Morgan fingerprint density at radius 1 is 1.04 bits per heavy atom. The molecular formula is C18H15F4N3. The van der Waals surface area contributed by atoms with E-state index in [2.05, 4.69) is 10.4 Å². The fraction of sp³-hybridized carbons (Fsp3) is 0.167. The molecular weight excluding hydrogens is 334 g/mol. The highest BCUT2D eigenvalue weighted by molar-refractivity contribution is 5.63. The molecule has 0 unspecified atom stereocenters. The van der Waals surface area contributed by atoms with Crippen molar-refractivity contribution in [3.8, 4) is 11.3 Å². The lowest BCUT2D eigenvalue weighted by molar-refractivity contribution is -0.137. The lowest BCUT2D eigenvalue weighted by atomic mass is 10.1. The van der Waals surface area contributed by atoms with E-state index in [9.17, 15) is 17.6 Å². The van der Waals surface area contributed by atoms with Gasteiger partial charge in [0.2, 0.25) is 0 Å². The fourth-order valence-corrected chi connectivity index (χ4v) is 2.43. The number of anilines is 1. The van der Waals surface area contributed by atoms with Gasteiger partial charge in [0.05, 0.1) is 11.3 Å². The molecule has 0 spiro atoms. The molecule has 0 saturated carbocycles. The van der Waals surface area contributed by atoms with Crippen molar-refractivity contribution in [2.75, 3.05) is 5.32 Å². The molecule has 0 fully saturated rings. The van der Waals surface area contributed by atoms with Crippen LogP contribution in [0.25, 0.3) is 11.3 Å². The molecule has 1 N–H and O–H groups in total. The fourth-order valence-electron chi connectivity index (χ4n) is 2.43. The highest BCUT2D eigenvalue weighted by Crippen LogP contribution is 2.31. The summed E-state index contributed by atoms with van der Waals surface area (Å²) < 4.78 is 53.1. The predicted octanol–water partition coefficient (Wildman–Crippen LogP) is 4.86. The van der Waals surface area contributed by atoms with Gasteiger partial charge in [0, 0.05) is 30.8 Å². The second-order valence-electron chi connectivity index (χ2n) is 5.56. The SMILES string of the molecule is Cn1nc(-c2ccc(C(F)(F)F)cc2)cc1NCc1ccccc1F. The van der Waals surface area contributed by atoms with E-state index in [-0.39, 0.29) is 12.4 Å². The summed E-state index contributed by atoms with van der Waals surface area (Å²) in [6.07, 6.45) is -4.37. The van der Waals surface area contributed by atoms with E-state index in [0.29, 0.717) is 22.6 Å². The summed E-state index contributed by atoms with van der Waals surface area (Å²) in [5, 5.41) is 7.36. The molecule has 7 heteroatoms. The lowest BCUT2D eigenvalue weighted by Gasteiger charge is -2.06. The first-order valence-electron chi connectivity index (χ1n) is 7.53. The van der Waals surface area contributed by atoms with Gasteiger partial charge in [-0.05, 0) is 18.2 Å². The summed E-state index contributed by atoms with van der Waals surface area (Å²) >= 11 is 0. The number of nitrogens with zero attached hydrogens (tertiary/aromatic N) is 2. The molecule has 2 aromatic carbocycles. The second-order valence-corrected chi connectivity index (χ2v) is 5.56. The number of rotatable bonds is 4. The highest BCUT2D eigenvalue weighted by atomic mass is 19.4. The number of benzene rings is 2. The third-order valence-corrected chi connectivity index (χ3v) is 3.81. The van der Waals surface area contributed by atoms with Gasteiger partial charge in [-0.25, -0.2) is 4.39 Å². The van der Waals surface area contributed by atoms with E-state index >= 15 is 0 Å². The van der Waals surface area contributed by atoms with Crippen LogP contribution in [0.2, 0.25) is 0 Å². The molecule has 0 aliphatic carbocycles. The average Bonchev–Trinajstić information content (AvgIpc) is 2.94. The van der Waals surface area contributed by atoms with Crippen LogP contribution < -0.4 is 5.32 Å². The Balaban J connectivity index is 1.77. The number of halogens is 4. The van der Waals surface area contributed by atoms with Crippen LogP contribution in [0.3, 0.4) is 0 Å². The Kier molecular flexibility index (Phi) is 4.48. The first-order valence-corrected chi connectivity index (χ1v) is 7.53. The molecule has 25 heavy (non-hydrogen) atoms. The average molecular weight is 349 g/mol. The zero-order valence-electron chi connectivity index (χ0n) is 13.3. The lowest BCUT2D eigenvalue weighted by Crippen LogP contribution is -2.05. The third-order valence-electron chi connectivity index (χ3n) is 3.81. The molecule has 130 valence electrons. The standard InChI is InChI=1S/C18H15F4N3/c1-25-17(23-11-13-4-2-3-5-15(13)19)10-16(24-25)12-6-8-14(9-7-12)18(20,21)22/h2-10,23H,11H2,1H3. The first-order chi connectivity index (χ1) is 11.8. The minimum atomic E-state index is -4.37. The zero-order chi connectivity index (χ0) is 18.0. The number of alkyl halides is 3. The van der Waals surface area contributed by atoms with Crippen molar-refractivity contribution < 1.29 is 17.6 Å². The van der Waals surface area contributed by atoms with Crippen molar-refractivity contribution >= 4 is 5.82 Å². The summed E-state index contributed by atoms with van der Waals surface area (Å²) in [6, 6.07) is 12.9. The Morgan fingerprint density at radius 3 is 2.36 bits per heavy atom. The maximum atomic E-state index is 13.6. The van der Waals surface area contributed by atoms with Crippen molar-refractivity contribution in [1.29, 1.82) is 0 Å². The van der Waals surface area contributed by atoms with Crippen LogP contribution >= 0.6 is 0 Å². The Bertz CT molecular complexity index is 867. The largest absolute Gasteiger partial charge is 0.416 e. The normalized spacial score (nSPS) is 11.6. The van der Waals surface area contributed by atoms with Gasteiger partial charge in [-0.3, -0.25) is 4.68 Å². The topological polar surface area (TPSA) is 29.9 Å². The van der Waals surface area contributed by atoms with E-state index in [1.54, 1.807) is 36.0 Å². The summed E-state index contributed by atoms with van der Waals surface area (Å²) in [7, 11) is 1.71. The maximum absolute atomic E-state index is 13.6. The van der Waals surface area contributed by atoms with Crippen LogP contribution in [-0.4, -0.2) is 9.78 Å². The van der Waals surface area contributed by atoms with Gasteiger partial charge in [-0.15, -0.1) is 0 Å². The Labute approximate surface area is 141 Å². The second kappa shape index (κ2) is 6.58. The minimum absolute atomic E-state index is 0.276. The van der Waals surface area contributed by atoms with E-state index in [1.807, 2.05) is 0 Å². The van der Waals surface area contributed by atoms with Crippen LogP contribution in [0.15, 0.2) is 54.6 Å². The zero-order valence-corrected chi connectivity index (χ0v) is 13.3. The Hall–Kier alpha value is -2.83. The van der Waals surface area contributed by atoms with E-state index in [4.69, 9.17) is 0 Å². The molecule has 3 nitrogen and oxygen atoms in total. The maximum Gasteiger partial charge on any atom is 0.416 e. The van der Waals surface area contributed by atoms with Crippen molar-refractivity contribution in [3.05, 3.63) is 71.5 Å². The van der Waals surface area contributed by atoms with Crippen LogP contribution in [-0.2, 0) is 19.8 Å². The molecule has 0 saturated heterocycles. The van der Waals surface area contributed by atoms with Gasteiger partial charge in [-0.2, -0.15) is 18.3 Å². The smallest absolute Gasteiger partial charge is 0.366 e. The van der Waals surface area contributed by atoms with Gasteiger partial charge in [0.15, 0.2) is 0 Å². The molecule has 0 radical (unpaired) electrons. The van der Waals surface area contributed by atoms with Gasteiger partial charge in [0.25, 0.3) is 0 Å². The predicted molar refractivity (Wildman–Crippen MR) is 87.4 cm³/mol. The van der Waals surface area contributed by atoms with Crippen molar-refractivity contribution in [2.45, 2.75) is 12.7 Å². The highest BCUT2D eigenvalue weighted by Gasteiger charge is 2.30. The van der Waals surface area contributed by atoms with Gasteiger partial charge in [0.1, 0.15) is 11.6 Å². The van der Waals surface area contributed by atoms with Gasteiger partial charge >= 0.3 is 6.18 Å². The number of aromatic nitrogens is 2. The van der Waals surface area contributed by atoms with Crippen LogP contribution in [0.5, 0.6) is 0 Å². The van der Waals surface area contributed by atoms with E-state index < -0.39 is 11.7 Å². The van der Waals surface area contributed by atoms with E-state index in [0.717, 1.165) is 12.1 Å². The van der Waals surface area contributed by atoms with Crippen molar-refractivity contribution in [2.24, 2.45) is 7.05 Å². The first kappa shape index (κ1) is 17.0. The van der Waals surface area contributed by atoms with Crippen molar-refractivity contribution in [1.82, 2.24) is 9.78 Å².